The number of anilines is 1. The maximum atomic E-state index is 12.9. The lowest BCUT2D eigenvalue weighted by atomic mass is 10.1. The minimum Gasteiger partial charge on any atom is -0.370 e. The van der Waals surface area contributed by atoms with Crippen LogP contribution in [0.3, 0.4) is 0 Å². The molecule has 1 heterocycles. The van der Waals surface area contributed by atoms with Crippen molar-refractivity contribution in [3.05, 3.63) is 27.7 Å². The Kier molecular flexibility index (Phi) is 3.46. The smallest absolute Gasteiger partial charge is 0.370 e. The minimum atomic E-state index is -4.41. The first-order chi connectivity index (χ1) is 7.91. The summed E-state index contributed by atoms with van der Waals surface area (Å²) in [6.45, 7) is 1.17. The van der Waals surface area contributed by atoms with Gasteiger partial charge < -0.3 is 4.90 Å². The summed E-state index contributed by atoms with van der Waals surface area (Å²) in [4.78, 5) is 1.65. The van der Waals surface area contributed by atoms with Crippen LogP contribution in [0.1, 0.15) is 18.4 Å². The van der Waals surface area contributed by atoms with Crippen LogP contribution >= 0.6 is 23.2 Å². The molecular formula is C11H10Cl2F3N. The molecule has 0 spiro atoms. The zero-order valence-corrected chi connectivity index (χ0v) is 10.3. The molecule has 1 aliphatic heterocycles. The van der Waals surface area contributed by atoms with Crippen LogP contribution in [-0.4, -0.2) is 13.1 Å². The second-order valence-corrected chi connectivity index (χ2v) is 4.73. The van der Waals surface area contributed by atoms with Crippen LogP contribution in [0.4, 0.5) is 18.9 Å². The molecule has 1 aromatic carbocycles. The Morgan fingerprint density at radius 2 is 1.65 bits per heavy atom. The number of rotatable bonds is 1. The van der Waals surface area contributed by atoms with Gasteiger partial charge in [-0.2, -0.15) is 13.2 Å². The summed E-state index contributed by atoms with van der Waals surface area (Å²) in [5.74, 6) is 0. The number of benzene rings is 1. The van der Waals surface area contributed by atoms with Gasteiger partial charge in [-0.1, -0.05) is 23.2 Å². The van der Waals surface area contributed by atoms with Crippen LogP contribution in [0.15, 0.2) is 12.1 Å². The molecule has 94 valence electrons. The van der Waals surface area contributed by atoms with E-state index in [0.29, 0.717) is 13.1 Å². The van der Waals surface area contributed by atoms with Crippen molar-refractivity contribution in [3.8, 4) is 0 Å². The lowest BCUT2D eigenvalue weighted by molar-refractivity contribution is -0.137. The van der Waals surface area contributed by atoms with Gasteiger partial charge in [-0.15, -0.1) is 0 Å². The van der Waals surface area contributed by atoms with Crippen molar-refractivity contribution in [3.63, 3.8) is 0 Å². The molecule has 0 saturated carbocycles. The molecule has 1 aliphatic rings. The molecular weight excluding hydrogens is 274 g/mol. The standard InChI is InChI=1S/C11H10Cl2F3N/c12-8-4-3-7(11(14,15)16)10(9(8)13)17-5-1-2-6-17/h3-4H,1-2,5-6H2. The van der Waals surface area contributed by atoms with Crippen LogP contribution in [0, 0.1) is 0 Å². The summed E-state index contributed by atoms with van der Waals surface area (Å²) >= 11 is 11.7. The Bertz CT molecular complexity index is 425. The first-order valence-electron chi connectivity index (χ1n) is 5.21. The van der Waals surface area contributed by atoms with Crippen molar-refractivity contribution in [1.82, 2.24) is 0 Å². The SMILES string of the molecule is FC(F)(F)c1ccc(Cl)c(Cl)c1N1CCCC1. The molecule has 2 rings (SSSR count). The second kappa shape index (κ2) is 4.58. The van der Waals surface area contributed by atoms with E-state index < -0.39 is 11.7 Å². The Balaban J connectivity index is 2.55. The number of alkyl halides is 3. The number of halogens is 5. The highest BCUT2D eigenvalue weighted by Gasteiger charge is 2.37. The molecule has 0 radical (unpaired) electrons. The molecule has 1 saturated heterocycles. The fourth-order valence-electron chi connectivity index (χ4n) is 2.02. The number of hydrogen-bond acceptors (Lipinski definition) is 1. The largest absolute Gasteiger partial charge is 0.418 e. The van der Waals surface area contributed by atoms with Crippen molar-refractivity contribution >= 4 is 28.9 Å². The molecule has 0 amide bonds. The predicted molar refractivity (Wildman–Crippen MR) is 62.9 cm³/mol. The Labute approximate surface area is 107 Å². The maximum Gasteiger partial charge on any atom is 0.418 e. The molecule has 0 unspecified atom stereocenters. The fraction of sp³-hybridized carbons (Fsp3) is 0.455. The monoisotopic (exact) mass is 283 g/mol. The van der Waals surface area contributed by atoms with Gasteiger partial charge in [0.05, 0.1) is 21.3 Å². The Morgan fingerprint density at radius 1 is 1.06 bits per heavy atom. The molecule has 0 aromatic heterocycles. The molecule has 17 heavy (non-hydrogen) atoms. The summed E-state index contributed by atoms with van der Waals surface area (Å²) in [6.07, 6.45) is -2.66. The summed E-state index contributed by atoms with van der Waals surface area (Å²) in [7, 11) is 0. The molecule has 0 atom stereocenters. The highest BCUT2D eigenvalue weighted by molar-refractivity contribution is 6.43. The average Bonchev–Trinajstić information content (AvgIpc) is 2.73. The predicted octanol–water partition coefficient (Wildman–Crippen LogP) is 4.61. The molecule has 1 nitrogen and oxygen atoms in total. The fourth-order valence-corrected chi connectivity index (χ4v) is 2.46. The highest BCUT2D eigenvalue weighted by Crippen LogP contribution is 2.44. The minimum absolute atomic E-state index is 0.0107. The van der Waals surface area contributed by atoms with Gasteiger partial charge in [-0.3, -0.25) is 0 Å². The van der Waals surface area contributed by atoms with Gasteiger partial charge in [0.2, 0.25) is 0 Å². The van der Waals surface area contributed by atoms with Gasteiger partial charge in [-0.05, 0) is 25.0 Å². The highest BCUT2D eigenvalue weighted by atomic mass is 35.5. The van der Waals surface area contributed by atoms with Gasteiger partial charge in [0.1, 0.15) is 0 Å². The molecule has 0 bridgehead atoms. The van der Waals surface area contributed by atoms with Crippen LogP contribution in [0.2, 0.25) is 10.0 Å². The van der Waals surface area contributed by atoms with Gasteiger partial charge in [0.25, 0.3) is 0 Å². The summed E-state index contributed by atoms with van der Waals surface area (Å²) in [6, 6.07) is 2.17. The second-order valence-electron chi connectivity index (χ2n) is 3.95. The first-order valence-corrected chi connectivity index (χ1v) is 5.97. The molecule has 0 aliphatic carbocycles. The normalized spacial score (nSPS) is 16.6. The topological polar surface area (TPSA) is 3.24 Å². The van der Waals surface area contributed by atoms with Crippen LogP contribution in [0.5, 0.6) is 0 Å². The van der Waals surface area contributed by atoms with Gasteiger partial charge >= 0.3 is 6.18 Å². The van der Waals surface area contributed by atoms with Crippen molar-refractivity contribution in [1.29, 1.82) is 0 Å². The van der Waals surface area contributed by atoms with Crippen LogP contribution in [-0.2, 0) is 6.18 Å². The zero-order valence-electron chi connectivity index (χ0n) is 8.82. The van der Waals surface area contributed by atoms with E-state index in [1.165, 1.54) is 6.07 Å². The van der Waals surface area contributed by atoms with E-state index in [0.717, 1.165) is 18.9 Å². The molecule has 0 N–H and O–H groups in total. The average molecular weight is 284 g/mol. The van der Waals surface area contributed by atoms with E-state index in [1.54, 1.807) is 4.90 Å². The third-order valence-electron chi connectivity index (χ3n) is 2.80. The quantitative estimate of drug-likeness (QED) is 0.727. The van der Waals surface area contributed by atoms with Crippen LogP contribution < -0.4 is 4.90 Å². The first kappa shape index (κ1) is 12.8. The third-order valence-corrected chi connectivity index (χ3v) is 3.59. The van der Waals surface area contributed by atoms with E-state index in [-0.39, 0.29) is 15.7 Å². The number of hydrogen-bond donors (Lipinski definition) is 0. The lowest BCUT2D eigenvalue weighted by Gasteiger charge is -2.24. The Morgan fingerprint density at radius 3 is 2.18 bits per heavy atom. The summed E-state index contributed by atoms with van der Waals surface area (Å²) in [5, 5.41) is 0.143. The van der Waals surface area contributed by atoms with Gasteiger partial charge in [0, 0.05) is 13.1 Å². The van der Waals surface area contributed by atoms with Gasteiger partial charge in [-0.25, -0.2) is 0 Å². The lowest BCUT2D eigenvalue weighted by Crippen LogP contribution is -2.22. The van der Waals surface area contributed by atoms with Crippen molar-refractivity contribution in [2.24, 2.45) is 0 Å². The van der Waals surface area contributed by atoms with E-state index in [4.69, 9.17) is 23.2 Å². The maximum absolute atomic E-state index is 12.9. The van der Waals surface area contributed by atoms with E-state index in [1.807, 2.05) is 0 Å². The molecule has 1 aromatic rings. The number of nitrogens with zero attached hydrogens (tertiary/aromatic N) is 1. The summed E-state index contributed by atoms with van der Waals surface area (Å²) < 4.78 is 38.7. The Hall–Kier alpha value is -0.610. The van der Waals surface area contributed by atoms with Crippen LogP contribution in [0.25, 0.3) is 0 Å². The summed E-state index contributed by atoms with van der Waals surface area (Å²) in [5.41, 5.74) is -0.696. The van der Waals surface area contributed by atoms with Gasteiger partial charge in [0.15, 0.2) is 0 Å². The van der Waals surface area contributed by atoms with Crippen molar-refractivity contribution < 1.29 is 13.2 Å². The van der Waals surface area contributed by atoms with E-state index >= 15 is 0 Å². The molecule has 6 heteroatoms. The van der Waals surface area contributed by atoms with Crippen molar-refractivity contribution in [2.75, 3.05) is 18.0 Å². The molecule has 1 fully saturated rings. The zero-order chi connectivity index (χ0) is 12.6. The van der Waals surface area contributed by atoms with E-state index in [2.05, 4.69) is 0 Å². The van der Waals surface area contributed by atoms with E-state index in [9.17, 15) is 13.2 Å². The van der Waals surface area contributed by atoms with Crippen molar-refractivity contribution in [2.45, 2.75) is 19.0 Å². The third kappa shape index (κ3) is 2.47.